The highest BCUT2D eigenvalue weighted by molar-refractivity contribution is 5.90. The van der Waals surface area contributed by atoms with Gasteiger partial charge in [0.2, 0.25) is 0 Å². The van der Waals surface area contributed by atoms with Crippen LogP contribution in [-0.4, -0.2) is 22.7 Å². The third-order valence-electron chi connectivity index (χ3n) is 1.67. The highest BCUT2D eigenvalue weighted by atomic mass is 16.4. The second kappa shape index (κ2) is 2.37. The van der Waals surface area contributed by atoms with Crippen LogP contribution in [0.2, 0.25) is 0 Å². The van der Waals surface area contributed by atoms with E-state index in [1.165, 1.54) is 6.20 Å². The standard InChI is InChI=1S/C7H7N3O2/c11-7(12)4-1-5-6(8-2-4)10-3-9-5/h1-2,9H,3H2,(H,8,10)(H,11,12). The molecule has 2 heterocycles. The van der Waals surface area contributed by atoms with Crippen LogP contribution in [0.3, 0.4) is 0 Å². The molecule has 1 aliphatic rings. The van der Waals surface area contributed by atoms with E-state index in [9.17, 15) is 4.79 Å². The Morgan fingerprint density at radius 1 is 1.58 bits per heavy atom. The van der Waals surface area contributed by atoms with Crippen molar-refractivity contribution in [2.45, 2.75) is 0 Å². The number of carboxylic acids is 1. The van der Waals surface area contributed by atoms with Crippen LogP contribution < -0.4 is 10.6 Å². The lowest BCUT2D eigenvalue weighted by atomic mass is 10.2. The molecule has 1 aliphatic heterocycles. The zero-order valence-corrected chi connectivity index (χ0v) is 6.16. The van der Waals surface area contributed by atoms with Crippen molar-refractivity contribution in [3.8, 4) is 0 Å². The van der Waals surface area contributed by atoms with Crippen molar-refractivity contribution in [3.63, 3.8) is 0 Å². The van der Waals surface area contributed by atoms with Crippen LogP contribution in [0.4, 0.5) is 11.5 Å². The second-order valence-electron chi connectivity index (χ2n) is 2.46. The van der Waals surface area contributed by atoms with Crippen molar-refractivity contribution >= 4 is 17.5 Å². The summed E-state index contributed by atoms with van der Waals surface area (Å²) in [4.78, 5) is 14.4. The number of rotatable bonds is 1. The average Bonchev–Trinajstić information content (AvgIpc) is 2.49. The molecule has 1 aromatic heterocycles. The first-order valence-electron chi connectivity index (χ1n) is 3.48. The molecule has 0 amide bonds. The third kappa shape index (κ3) is 0.952. The predicted octanol–water partition coefficient (Wildman–Crippen LogP) is 0.575. The molecule has 62 valence electrons. The van der Waals surface area contributed by atoms with Crippen molar-refractivity contribution in [1.29, 1.82) is 0 Å². The Morgan fingerprint density at radius 2 is 2.42 bits per heavy atom. The maximum Gasteiger partial charge on any atom is 0.337 e. The van der Waals surface area contributed by atoms with Crippen molar-refractivity contribution in [2.24, 2.45) is 0 Å². The number of fused-ring (bicyclic) bond motifs is 1. The van der Waals surface area contributed by atoms with Gasteiger partial charge in [-0.3, -0.25) is 0 Å². The van der Waals surface area contributed by atoms with Crippen LogP contribution in [0, 0.1) is 0 Å². The number of carbonyl (C=O) groups is 1. The van der Waals surface area contributed by atoms with E-state index >= 15 is 0 Å². The lowest BCUT2D eigenvalue weighted by Crippen LogP contribution is -1.99. The van der Waals surface area contributed by atoms with E-state index < -0.39 is 5.97 Å². The summed E-state index contributed by atoms with van der Waals surface area (Å²) in [6.07, 6.45) is 1.33. The molecule has 0 fully saturated rings. The van der Waals surface area contributed by atoms with Gasteiger partial charge in [-0.05, 0) is 6.07 Å². The Labute approximate surface area is 68.4 Å². The molecule has 0 radical (unpaired) electrons. The van der Waals surface area contributed by atoms with Gasteiger partial charge in [0.1, 0.15) is 0 Å². The summed E-state index contributed by atoms with van der Waals surface area (Å²) in [5.74, 6) is -0.251. The Morgan fingerprint density at radius 3 is 3.17 bits per heavy atom. The summed E-state index contributed by atoms with van der Waals surface area (Å²) < 4.78 is 0. The summed E-state index contributed by atoms with van der Waals surface area (Å²) >= 11 is 0. The molecule has 0 aromatic carbocycles. The molecule has 12 heavy (non-hydrogen) atoms. The van der Waals surface area contributed by atoms with Gasteiger partial charge in [-0.25, -0.2) is 9.78 Å². The van der Waals surface area contributed by atoms with Gasteiger partial charge in [0, 0.05) is 6.20 Å². The summed E-state index contributed by atoms with van der Waals surface area (Å²) in [6, 6.07) is 1.56. The van der Waals surface area contributed by atoms with Crippen LogP contribution >= 0.6 is 0 Å². The van der Waals surface area contributed by atoms with E-state index in [4.69, 9.17) is 5.11 Å². The molecule has 0 saturated heterocycles. The maximum absolute atomic E-state index is 10.5. The zero-order chi connectivity index (χ0) is 8.55. The highest BCUT2D eigenvalue weighted by Crippen LogP contribution is 2.23. The molecule has 0 saturated carbocycles. The molecule has 1 aromatic rings. The minimum atomic E-state index is -0.959. The number of pyridine rings is 1. The van der Waals surface area contributed by atoms with Gasteiger partial charge >= 0.3 is 5.97 Å². The SMILES string of the molecule is O=C(O)c1cnc2c(c1)NCN2. The smallest absolute Gasteiger partial charge is 0.337 e. The normalized spacial score (nSPS) is 13.0. The molecular weight excluding hydrogens is 158 g/mol. The molecular formula is C7H7N3O2. The Kier molecular flexibility index (Phi) is 1.36. The van der Waals surface area contributed by atoms with Crippen LogP contribution in [0.25, 0.3) is 0 Å². The second-order valence-corrected chi connectivity index (χ2v) is 2.46. The number of hydrogen-bond donors (Lipinski definition) is 3. The first kappa shape index (κ1) is 6.90. The fraction of sp³-hybridized carbons (Fsp3) is 0.143. The molecule has 3 N–H and O–H groups in total. The molecule has 0 atom stereocenters. The summed E-state index contributed by atoms with van der Waals surface area (Å²) in [7, 11) is 0. The maximum atomic E-state index is 10.5. The van der Waals surface area contributed by atoms with Crippen LogP contribution in [-0.2, 0) is 0 Å². The lowest BCUT2D eigenvalue weighted by Gasteiger charge is -1.97. The predicted molar refractivity (Wildman–Crippen MR) is 43.3 cm³/mol. The number of aromatic nitrogens is 1. The number of nitrogens with one attached hydrogen (secondary N) is 2. The van der Waals surface area contributed by atoms with Gasteiger partial charge in [-0.2, -0.15) is 0 Å². The lowest BCUT2D eigenvalue weighted by molar-refractivity contribution is 0.0696. The van der Waals surface area contributed by atoms with Crippen LogP contribution in [0.15, 0.2) is 12.3 Å². The number of anilines is 2. The minimum Gasteiger partial charge on any atom is -0.478 e. The Hall–Kier alpha value is -1.78. The van der Waals surface area contributed by atoms with Crippen molar-refractivity contribution in [2.75, 3.05) is 17.3 Å². The Balaban J connectivity index is 2.45. The van der Waals surface area contributed by atoms with Crippen molar-refractivity contribution < 1.29 is 9.90 Å². The molecule has 0 unspecified atom stereocenters. The zero-order valence-electron chi connectivity index (χ0n) is 6.16. The molecule has 0 aliphatic carbocycles. The minimum absolute atomic E-state index is 0.199. The first-order chi connectivity index (χ1) is 5.77. The van der Waals surface area contributed by atoms with E-state index in [0.29, 0.717) is 12.5 Å². The summed E-state index contributed by atoms with van der Waals surface area (Å²) in [5, 5.41) is 14.5. The highest BCUT2D eigenvalue weighted by Gasteiger charge is 2.12. The number of carboxylic acid groups (broad SMARTS) is 1. The van der Waals surface area contributed by atoms with Crippen molar-refractivity contribution in [3.05, 3.63) is 17.8 Å². The fourth-order valence-corrected chi connectivity index (χ4v) is 1.08. The molecule has 2 rings (SSSR count). The molecule has 5 nitrogen and oxygen atoms in total. The van der Waals surface area contributed by atoms with Gasteiger partial charge in [-0.1, -0.05) is 0 Å². The van der Waals surface area contributed by atoms with E-state index in [-0.39, 0.29) is 5.56 Å². The van der Waals surface area contributed by atoms with Gasteiger partial charge in [-0.15, -0.1) is 0 Å². The van der Waals surface area contributed by atoms with Crippen LogP contribution in [0.5, 0.6) is 0 Å². The largest absolute Gasteiger partial charge is 0.478 e. The number of aromatic carboxylic acids is 1. The monoisotopic (exact) mass is 165 g/mol. The van der Waals surface area contributed by atoms with Crippen LogP contribution in [0.1, 0.15) is 10.4 Å². The Bertz CT molecular complexity index is 337. The summed E-state index contributed by atoms with van der Waals surface area (Å²) in [5.41, 5.74) is 0.944. The van der Waals surface area contributed by atoms with Gasteiger partial charge in [0.15, 0.2) is 5.82 Å². The van der Waals surface area contributed by atoms with Gasteiger partial charge in [0.05, 0.1) is 17.9 Å². The van der Waals surface area contributed by atoms with Crippen molar-refractivity contribution in [1.82, 2.24) is 4.98 Å². The van der Waals surface area contributed by atoms with E-state index in [1.54, 1.807) is 6.07 Å². The summed E-state index contributed by atoms with van der Waals surface area (Å²) in [6.45, 7) is 0.603. The molecule has 0 spiro atoms. The number of hydrogen-bond acceptors (Lipinski definition) is 4. The average molecular weight is 165 g/mol. The topological polar surface area (TPSA) is 74.2 Å². The van der Waals surface area contributed by atoms with Gasteiger partial charge < -0.3 is 15.7 Å². The molecule has 0 bridgehead atoms. The van der Waals surface area contributed by atoms with E-state index in [1.807, 2.05) is 0 Å². The number of nitrogens with zero attached hydrogens (tertiary/aromatic N) is 1. The third-order valence-corrected chi connectivity index (χ3v) is 1.67. The van der Waals surface area contributed by atoms with Gasteiger partial charge in [0.25, 0.3) is 0 Å². The quantitative estimate of drug-likeness (QED) is 0.567. The van der Waals surface area contributed by atoms with E-state index in [2.05, 4.69) is 15.6 Å². The van der Waals surface area contributed by atoms with E-state index in [0.717, 1.165) is 5.69 Å². The first-order valence-corrected chi connectivity index (χ1v) is 3.48. The fourth-order valence-electron chi connectivity index (χ4n) is 1.08. The molecule has 5 heteroatoms.